The molecule has 3 rings (SSSR count). The summed E-state index contributed by atoms with van der Waals surface area (Å²) < 4.78 is 0. The summed E-state index contributed by atoms with van der Waals surface area (Å²) in [5.74, 6) is -0.331. The summed E-state index contributed by atoms with van der Waals surface area (Å²) in [4.78, 5) is 28.9. The zero-order chi connectivity index (χ0) is 20.8. The predicted molar refractivity (Wildman–Crippen MR) is 120 cm³/mol. The Morgan fingerprint density at radius 1 is 1.14 bits per heavy atom. The lowest BCUT2D eigenvalue weighted by Gasteiger charge is -2.23. The summed E-state index contributed by atoms with van der Waals surface area (Å²) in [6, 6.07) is 16.5. The Labute approximate surface area is 181 Å². The molecular weight excluding hydrogens is 406 g/mol. The van der Waals surface area contributed by atoms with Gasteiger partial charge in [-0.2, -0.15) is 0 Å². The fourth-order valence-electron chi connectivity index (χ4n) is 3.45. The molecular formula is C22H24ClN3O2S. The smallest absolute Gasteiger partial charge is 0.252 e. The second kappa shape index (κ2) is 9.85. The van der Waals surface area contributed by atoms with E-state index in [-0.39, 0.29) is 18.2 Å². The van der Waals surface area contributed by atoms with E-state index < -0.39 is 6.04 Å². The van der Waals surface area contributed by atoms with Gasteiger partial charge in [0.25, 0.3) is 5.91 Å². The summed E-state index contributed by atoms with van der Waals surface area (Å²) >= 11 is 11.4. The Hall–Kier alpha value is -2.44. The topological polar surface area (TPSA) is 52.7 Å². The first-order valence-corrected chi connectivity index (χ1v) is 10.5. The van der Waals surface area contributed by atoms with Crippen LogP contribution in [0.1, 0.15) is 25.3 Å². The highest BCUT2D eigenvalue weighted by Crippen LogP contribution is 2.22. The van der Waals surface area contributed by atoms with Crippen LogP contribution < -0.4 is 5.32 Å². The SMILES string of the molecule is CCN1C(=O)[C@@H](CC(=O)Nc2ccc(Cl)cc2)N(CCCc2ccccc2)C1=S. The Kier molecular flexibility index (Phi) is 7.23. The first-order valence-electron chi connectivity index (χ1n) is 9.71. The Bertz CT molecular complexity index is 873. The number of benzene rings is 2. The lowest BCUT2D eigenvalue weighted by Crippen LogP contribution is -2.38. The average Bonchev–Trinajstić information content (AvgIpc) is 2.94. The van der Waals surface area contributed by atoms with Gasteiger partial charge in [-0.05, 0) is 61.8 Å². The van der Waals surface area contributed by atoms with E-state index in [4.69, 9.17) is 23.8 Å². The van der Waals surface area contributed by atoms with E-state index in [1.165, 1.54) is 5.56 Å². The highest BCUT2D eigenvalue weighted by molar-refractivity contribution is 7.80. The molecule has 0 saturated carbocycles. The van der Waals surface area contributed by atoms with Crippen LogP contribution >= 0.6 is 23.8 Å². The van der Waals surface area contributed by atoms with Crippen LogP contribution in [0.4, 0.5) is 5.69 Å². The van der Waals surface area contributed by atoms with Crippen molar-refractivity contribution in [2.45, 2.75) is 32.2 Å². The molecule has 0 unspecified atom stereocenters. The molecule has 1 aliphatic heterocycles. The lowest BCUT2D eigenvalue weighted by molar-refractivity contribution is -0.130. The van der Waals surface area contributed by atoms with E-state index >= 15 is 0 Å². The van der Waals surface area contributed by atoms with Gasteiger partial charge in [-0.3, -0.25) is 14.5 Å². The number of nitrogens with zero attached hydrogens (tertiary/aromatic N) is 2. The Morgan fingerprint density at radius 2 is 1.83 bits per heavy atom. The van der Waals surface area contributed by atoms with Crippen molar-refractivity contribution >= 4 is 46.4 Å². The number of likely N-dealkylation sites (N-methyl/N-ethyl adjacent to an activating group) is 1. The highest BCUT2D eigenvalue weighted by atomic mass is 35.5. The number of carbonyl (C=O) groups is 2. The predicted octanol–water partition coefficient (Wildman–Crippen LogP) is 4.12. The molecule has 0 radical (unpaired) electrons. The van der Waals surface area contributed by atoms with Gasteiger partial charge in [0.15, 0.2) is 5.11 Å². The summed E-state index contributed by atoms with van der Waals surface area (Å²) in [5, 5.41) is 3.94. The van der Waals surface area contributed by atoms with Crippen molar-refractivity contribution in [1.29, 1.82) is 0 Å². The molecule has 1 aliphatic rings. The summed E-state index contributed by atoms with van der Waals surface area (Å²) in [5.41, 5.74) is 1.89. The molecule has 2 amide bonds. The molecule has 0 aliphatic carbocycles. The minimum Gasteiger partial charge on any atom is -0.336 e. The van der Waals surface area contributed by atoms with Crippen LogP contribution in [0, 0.1) is 0 Å². The van der Waals surface area contributed by atoms with Crippen molar-refractivity contribution < 1.29 is 9.59 Å². The maximum Gasteiger partial charge on any atom is 0.252 e. The Morgan fingerprint density at radius 3 is 2.48 bits per heavy atom. The molecule has 1 atom stereocenters. The maximum absolute atomic E-state index is 12.8. The molecule has 5 nitrogen and oxygen atoms in total. The standard InChI is InChI=1S/C22H24ClN3O2S/c1-2-25-21(28)19(15-20(27)24-18-12-10-17(23)11-13-18)26(22(25)29)14-6-9-16-7-4-3-5-8-16/h3-5,7-8,10-13,19H,2,6,9,14-15H2,1H3,(H,24,27)/t19-/m1/s1. The van der Waals surface area contributed by atoms with E-state index in [2.05, 4.69) is 17.4 Å². The maximum atomic E-state index is 12.8. The zero-order valence-corrected chi connectivity index (χ0v) is 17.9. The number of aryl methyl sites for hydroxylation is 1. The molecule has 1 N–H and O–H groups in total. The average molecular weight is 430 g/mol. The highest BCUT2D eigenvalue weighted by Gasteiger charge is 2.42. The molecule has 1 fully saturated rings. The summed E-state index contributed by atoms with van der Waals surface area (Å²) in [6.45, 7) is 3.03. The fraction of sp³-hybridized carbons (Fsp3) is 0.318. The van der Waals surface area contributed by atoms with Crippen LogP contribution in [0.5, 0.6) is 0 Å². The number of nitrogens with one attached hydrogen (secondary N) is 1. The second-order valence-corrected chi connectivity index (χ2v) is 7.72. The number of hydrogen-bond acceptors (Lipinski definition) is 3. The molecule has 7 heteroatoms. The largest absolute Gasteiger partial charge is 0.336 e. The van der Waals surface area contributed by atoms with Gasteiger partial charge >= 0.3 is 0 Å². The van der Waals surface area contributed by atoms with Crippen LogP contribution in [0.15, 0.2) is 54.6 Å². The van der Waals surface area contributed by atoms with Gasteiger partial charge in [-0.25, -0.2) is 0 Å². The van der Waals surface area contributed by atoms with E-state index in [1.807, 2.05) is 30.0 Å². The van der Waals surface area contributed by atoms with Crippen molar-refractivity contribution in [3.63, 3.8) is 0 Å². The Balaban J connectivity index is 1.64. The van der Waals surface area contributed by atoms with Crippen LogP contribution in [0.2, 0.25) is 5.02 Å². The first kappa shape index (κ1) is 21.3. The number of halogens is 1. The quantitative estimate of drug-likeness (QED) is 0.641. The molecule has 2 aromatic rings. The normalized spacial score (nSPS) is 16.4. The number of anilines is 1. The number of carbonyl (C=O) groups excluding carboxylic acids is 2. The van der Waals surface area contributed by atoms with Gasteiger partial charge in [-0.15, -0.1) is 0 Å². The van der Waals surface area contributed by atoms with Crippen molar-refractivity contribution in [2.75, 3.05) is 18.4 Å². The van der Waals surface area contributed by atoms with E-state index in [9.17, 15) is 9.59 Å². The van der Waals surface area contributed by atoms with Crippen molar-refractivity contribution in [3.05, 3.63) is 65.2 Å². The van der Waals surface area contributed by atoms with Crippen LogP contribution in [0.25, 0.3) is 0 Å². The van der Waals surface area contributed by atoms with Gasteiger partial charge in [0.1, 0.15) is 6.04 Å². The van der Waals surface area contributed by atoms with Crippen LogP contribution in [-0.4, -0.2) is 45.9 Å². The third kappa shape index (κ3) is 5.34. The molecule has 0 aromatic heterocycles. The number of thiocarbonyl (C=S) groups is 1. The number of hydrogen-bond donors (Lipinski definition) is 1. The first-order chi connectivity index (χ1) is 14.0. The van der Waals surface area contributed by atoms with Gasteiger partial charge in [0, 0.05) is 23.8 Å². The van der Waals surface area contributed by atoms with Crippen LogP contribution in [0.3, 0.4) is 0 Å². The van der Waals surface area contributed by atoms with E-state index in [0.717, 1.165) is 12.8 Å². The van der Waals surface area contributed by atoms with Crippen molar-refractivity contribution in [2.24, 2.45) is 0 Å². The molecule has 152 valence electrons. The third-order valence-electron chi connectivity index (χ3n) is 4.93. The number of amides is 2. The van der Waals surface area contributed by atoms with Gasteiger partial charge < -0.3 is 10.2 Å². The summed E-state index contributed by atoms with van der Waals surface area (Å²) in [7, 11) is 0. The minimum atomic E-state index is -0.564. The van der Waals surface area contributed by atoms with Crippen molar-refractivity contribution in [3.8, 4) is 0 Å². The van der Waals surface area contributed by atoms with E-state index in [1.54, 1.807) is 29.2 Å². The molecule has 0 bridgehead atoms. The fourth-order valence-corrected chi connectivity index (χ4v) is 4.02. The van der Waals surface area contributed by atoms with Crippen LogP contribution in [-0.2, 0) is 16.0 Å². The summed E-state index contributed by atoms with van der Waals surface area (Å²) in [6.07, 6.45) is 1.80. The third-order valence-corrected chi connectivity index (χ3v) is 5.64. The molecule has 0 spiro atoms. The van der Waals surface area contributed by atoms with Crippen molar-refractivity contribution in [1.82, 2.24) is 9.80 Å². The van der Waals surface area contributed by atoms with Gasteiger partial charge in [-0.1, -0.05) is 41.9 Å². The molecule has 2 aromatic carbocycles. The minimum absolute atomic E-state index is 0.0590. The number of rotatable bonds is 8. The lowest BCUT2D eigenvalue weighted by atomic mass is 10.1. The monoisotopic (exact) mass is 429 g/mol. The molecule has 1 heterocycles. The zero-order valence-electron chi connectivity index (χ0n) is 16.3. The van der Waals surface area contributed by atoms with E-state index in [0.29, 0.717) is 28.9 Å². The van der Waals surface area contributed by atoms with Gasteiger partial charge in [0.2, 0.25) is 5.91 Å². The molecule has 1 saturated heterocycles. The van der Waals surface area contributed by atoms with Gasteiger partial charge in [0.05, 0.1) is 6.42 Å². The molecule has 29 heavy (non-hydrogen) atoms. The second-order valence-electron chi connectivity index (χ2n) is 6.92.